The molecule has 1 aromatic rings. The highest BCUT2D eigenvalue weighted by Crippen LogP contribution is 2.16. The molecule has 1 heterocycles. The first-order chi connectivity index (χ1) is 8.41. The van der Waals surface area contributed by atoms with Gasteiger partial charge in [-0.3, -0.25) is 10.1 Å². The molecule has 1 rings (SSSR count). The molecule has 0 spiro atoms. The molecule has 1 N–H and O–H groups in total. The van der Waals surface area contributed by atoms with Gasteiger partial charge in [-0.25, -0.2) is 4.98 Å². The SMILES string of the molecule is CC(C)CC(NC(C)c1cscn1)C(=O)N(C)C. The van der Waals surface area contributed by atoms with Crippen LogP contribution in [0.15, 0.2) is 10.9 Å². The van der Waals surface area contributed by atoms with Crippen molar-refractivity contribution < 1.29 is 4.79 Å². The van der Waals surface area contributed by atoms with Crippen molar-refractivity contribution in [2.45, 2.75) is 39.3 Å². The predicted molar refractivity (Wildman–Crippen MR) is 75.6 cm³/mol. The number of hydrogen-bond donors (Lipinski definition) is 1. The van der Waals surface area contributed by atoms with Crippen molar-refractivity contribution in [3.05, 3.63) is 16.6 Å². The van der Waals surface area contributed by atoms with Gasteiger partial charge in [0.15, 0.2) is 0 Å². The molecule has 0 fully saturated rings. The van der Waals surface area contributed by atoms with Crippen LogP contribution in [0.3, 0.4) is 0 Å². The van der Waals surface area contributed by atoms with E-state index in [1.54, 1.807) is 30.3 Å². The minimum absolute atomic E-state index is 0.101. The average Bonchev–Trinajstić information content (AvgIpc) is 2.79. The van der Waals surface area contributed by atoms with Gasteiger partial charge in [0.25, 0.3) is 0 Å². The molecule has 0 aliphatic carbocycles. The first-order valence-corrected chi connectivity index (χ1v) is 7.21. The Morgan fingerprint density at radius 3 is 2.56 bits per heavy atom. The second-order valence-electron chi connectivity index (χ2n) is 5.22. The number of nitrogens with one attached hydrogen (secondary N) is 1. The Balaban J connectivity index is 2.69. The fraction of sp³-hybridized carbons (Fsp3) is 0.692. The summed E-state index contributed by atoms with van der Waals surface area (Å²) in [5, 5.41) is 5.40. The molecule has 18 heavy (non-hydrogen) atoms. The van der Waals surface area contributed by atoms with Gasteiger partial charge in [-0.05, 0) is 19.3 Å². The van der Waals surface area contributed by atoms with Gasteiger partial charge in [0, 0.05) is 25.5 Å². The number of carbonyl (C=O) groups is 1. The lowest BCUT2D eigenvalue weighted by atomic mass is 10.0. The van der Waals surface area contributed by atoms with Crippen molar-refractivity contribution in [2.75, 3.05) is 14.1 Å². The fourth-order valence-corrected chi connectivity index (χ4v) is 2.49. The highest BCUT2D eigenvalue weighted by molar-refractivity contribution is 7.07. The molecule has 0 bridgehead atoms. The van der Waals surface area contributed by atoms with Crippen molar-refractivity contribution >= 4 is 17.2 Å². The zero-order valence-electron chi connectivity index (χ0n) is 11.8. The number of carbonyl (C=O) groups excluding carboxylic acids is 1. The summed E-state index contributed by atoms with van der Waals surface area (Å²) in [5.41, 5.74) is 2.82. The fourth-order valence-electron chi connectivity index (χ4n) is 1.85. The van der Waals surface area contributed by atoms with Gasteiger partial charge >= 0.3 is 0 Å². The van der Waals surface area contributed by atoms with Crippen LogP contribution >= 0.6 is 11.3 Å². The van der Waals surface area contributed by atoms with E-state index in [0.29, 0.717) is 5.92 Å². The van der Waals surface area contributed by atoms with E-state index >= 15 is 0 Å². The Labute approximate surface area is 113 Å². The van der Waals surface area contributed by atoms with Crippen LogP contribution in [0.1, 0.15) is 38.9 Å². The van der Waals surface area contributed by atoms with E-state index in [1.807, 2.05) is 17.8 Å². The predicted octanol–water partition coefficient (Wildman–Crippen LogP) is 2.30. The standard InChI is InChI=1S/C13H23N3OS/c1-9(2)6-11(13(17)16(4)5)15-10(3)12-7-18-8-14-12/h7-11,15H,6H2,1-5H3. The summed E-state index contributed by atoms with van der Waals surface area (Å²) in [6.07, 6.45) is 0.839. The molecule has 5 heteroatoms. The molecular formula is C13H23N3OS. The Bertz CT molecular complexity index is 362. The van der Waals surface area contributed by atoms with Crippen LogP contribution in [0.2, 0.25) is 0 Å². The number of nitrogens with zero attached hydrogens (tertiary/aromatic N) is 2. The van der Waals surface area contributed by atoms with Crippen LogP contribution < -0.4 is 5.32 Å². The molecule has 2 atom stereocenters. The molecule has 4 nitrogen and oxygen atoms in total. The van der Waals surface area contributed by atoms with Gasteiger partial charge in [0.05, 0.1) is 17.2 Å². The van der Waals surface area contributed by atoms with E-state index in [-0.39, 0.29) is 18.0 Å². The number of likely N-dealkylation sites (N-methyl/N-ethyl adjacent to an activating group) is 1. The molecule has 0 aromatic carbocycles. The third-order valence-corrected chi connectivity index (χ3v) is 3.40. The first-order valence-electron chi connectivity index (χ1n) is 6.27. The van der Waals surface area contributed by atoms with E-state index in [4.69, 9.17) is 0 Å². The molecule has 102 valence electrons. The van der Waals surface area contributed by atoms with Crippen molar-refractivity contribution in [1.29, 1.82) is 0 Å². The van der Waals surface area contributed by atoms with Gasteiger partial charge in [-0.15, -0.1) is 11.3 Å². The Kier molecular flexibility index (Phi) is 5.75. The second kappa shape index (κ2) is 6.85. The van der Waals surface area contributed by atoms with Crippen molar-refractivity contribution in [3.63, 3.8) is 0 Å². The van der Waals surface area contributed by atoms with E-state index in [1.165, 1.54) is 0 Å². The summed E-state index contributed by atoms with van der Waals surface area (Å²) in [6, 6.07) is -0.0411. The van der Waals surface area contributed by atoms with Crippen LogP contribution in [-0.2, 0) is 4.79 Å². The third-order valence-electron chi connectivity index (χ3n) is 2.79. The van der Waals surface area contributed by atoms with Crippen LogP contribution in [0, 0.1) is 5.92 Å². The summed E-state index contributed by atoms with van der Waals surface area (Å²) in [5.74, 6) is 0.611. The average molecular weight is 269 g/mol. The second-order valence-corrected chi connectivity index (χ2v) is 5.94. The zero-order valence-corrected chi connectivity index (χ0v) is 12.6. The molecule has 1 amide bonds. The quantitative estimate of drug-likeness (QED) is 0.862. The summed E-state index contributed by atoms with van der Waals surface area (Å²) in [4.78, 5) is 18.1. The maximum absolute atomic E-state index is 12.1. The number of thiazole rings is 1. The molecule has 0 aliphatic heterocycles. The van der Waals surface area contributed by atoms with Gasteiger partial charge in [-0.1, -0.05) is 13.8 Å². The van der Waals surface area contributed by atoms with Crippen LogP contribution in [-0.4, -0.2) is 35.9 Å². The van der Waals surface area contributed by atoms with E-state index < -0.39 is 0 Å². The van der Waals surface area contributed by atoms with E-state index in [0.717, 1.165) is 12.1 Å². The lowest BCUT2D eigenvalue weighted by molar-refractivity contribution is -0.131. The first kappa shape index (κ1) is 15.1. The summed E-state index contributed by atoms with van der Waals surface area (Å²) < 4.78 is 0. The minimum atomic E-state index is -0.142. The lowest BCUT2D eigenvalue weighted by Crippen LogP contribution is -2.45. The minimum Gasteiger partial charge on any atom is -0.347 e. The molecule has 1 aromatic heterocycles. The molecular weight excluding hydrogens is 246 g/mol. The molecule has 0 radical (unpaired) electrons. The topological polar surface area (TPSA) is 45.2 Å². The van der Waals surface area contributed by atoms with Crippen LogP contribution in [0.25, 0.3) is 0 Å². The van der Waals surface area contributed by atoms with Gasteiger partial charge in [0.1, 0.15) is 0 Å². The van der Waals surface area contributed by atoms with Gasteiger partial charge in [-0.2, -0.15) is 0 Å². The van der Waals surface area contributed by atoms with Crippen molar-refractivity contribution in [1.82, 2.24) is 15.2 Å². The van der Waals surface area contributed by atoms with E-state index in [9.17, 15) is 4.79 Å². The molecule has 0 saturated heterocycles. The number of rotatable bonds is 6. The summed E-state index contributed by atoms with van der Waals surface area (Å²) in [7, 11) is 3.59. The Hall–Kier alpha value is -0.940. The largest absolute Gasteiger partial charge is 0.347 e. The molecule has 0 saturated carbocycles. The Morgan fingerprint density at radius 2 is 2.11 bits per heavy atom. The van der Waals surface area contributed by atoms with Crippen molar-refractivity contribution in [3.8, 4) is 0 Å². The number of hydrogen-bond acceptors (Lipinski definition) is 4. The van der Waals surface area contributed by atoms with Crippen molar-refractivity contribution in [2.24, 2.45) is 5.92 Å². The maximum Gasteiger partial charge on any atom is 0.239 e. The smallest absolute Gasteiger partial charge is 0.239 e. The van der Waals surface area contributed by atoms with Gasteiger partial charge < -0.3 is 4.90 Å². The normalized spacial score (nSPS) is 14.6. The monoisotopic (exact) mass is 269 g/mol. The highest BCUT2D eigenvalue weighted by Gasteiger charge is 2.23. The van der Waals surface area contributed by atoms with Crippen LogP contribution in [0.5, 0.6) is 0 Å². The third kappa shape index (κ3) is 4.38. The summed E-state index contributed by atoms with van der Waals surface area (Å²) in [6.45, 7) is 6.31. The van der Waals surface area contributed by atoms with E-state index in [2.05, 4.69) is 24.1 Å². The van der Waals surface area contributed by atoms with Crippen LogP contribution in [0.4, 0.5) is 0 Å². The molecule has 0 aliphatic rings. The summed E-state index contributed by atoms with van der Waals surface area (Å²) >= 11 is 1.58. The number of aromatic nitrogens is 1. The Morgan fingerprint density at radius 1 is 1.44 bits per heavy atom. The van der Waals surface area contributed by atoms with Gasteiger partial charge in [0.2, 0.25) is 5.91 Å². The number of amides is 1. The molecule has 2 unspecified atom stereocenters. The lowest BCUT2D eigenvalue weighted by Gasteiger charge is -2.25. The zero-order chi connectivity index (χ0) is 13.7. The highest BCUT2D eigenvalue weighted by atomic mass is 32.1. The maximum atomic E-state index is 12.1.